The van der Waals surface area contributed by atoms with Gasteiger partial charge in [-0.15, -0.1) is 0 Å². The molecular formula is C17H17BrN2O5. The number of rotatable bonds is 5. The molecule has 0 bridgehead atoms. The first-order chi connectivity index (χ1) is 11.8. The van der Waals surface area contributed by atoms with E-state index in [0.717, 1.165) is 0 Å². The van der Waals surface area contributed by atoms with Crippen LogP contribution in [0.1, 0.15) is 49.4 Å². The molecule has 1 atom stereocenters. The first-order valence-corrected chi connectivity index (χ1v) is 8.18. The summed E-state index contributed by atoms with van der Waals surface area (Å²) in [6, 6.07) is 1.55. The molecular weight excluding hydrogens is 392 g/mol. The Kier molecular flexibility index (Phi) is 5.73. The van der Waals surface area contributed by atoms with Gasteiger partial charge in [0.15, 0.2) is 6.10 Å². The fourth-order valence-electron chi connectivity index (χ4n) is 2.41. The molecule has 2 rings (SSSR count). The zero-order valence-electron chi connectivity index (χ0n) is 14.2. The second kappa shape index (κ2) is 7.60. The molecule has 0 aliphatic carbocycles. The number of aromatic nitrogens is 2. The van der Waals surface area contributed by atoms with E-state index in [4.69, 9.17) is 9.47 Å². The van der Waals surface area contributed by atoms with E-state index in [9.17, 15) is 14.4 Å². The molecule has 0 unspecified atom stereocenters. The molecule has 0 amide bonds. The highest BCUT2D eigenvalue weighted by molar-refractivity contribution is 9.10. The van der Waals surface area contributed by atoms with Gasteiger partial charge in [-0.25, -0.2) is 9.59 Å². The summed E-state index contributed by atoms with van der Waals surface area (Å²) in [5.41, 5.74) is 1.72. The number of aryl methyl sites for hydroxylation is 1. The summed E-state index contributed by atoms with van der Waals surface area (Å²) in [5, 5.41) is 0. The van der Waals surface area contributed by atoms with Gasteiger partial charge in [-0.1, -0.05) is 0 Å². The van der Waals surface area contributed by atoms with Crippen molar-refractivity contribution in [2.75, 3.05) is 7.11 Å². The van der Waals surface area contributed by atoms with Crippen molar-refractivity contribution in [1.82, 2.24) is 9.97 Å². The fourth-order valence-corrected chi connectivity index (χ4v) is 2.78. The summed E-state index contributed by atoms with van der Waals surface area (Å²) in [4.78, 5) is 43.3. The van der Waals surface area contributed by atoms with Gasteiger partial charge in [0.1, 0.15) is 0 Å². The van der Waals surface area contributed by atoms with Crippen molar-refractivity contribution in [3.05, 3.63) is 51.0 Å². The molecule has 25 heavy (non-hydrogen) atoms. The number of pyridine rings is 1. The molecule has 0 spiro atoms. The minimum Gasteiger partial charge on any atom is -0.465 e. The highest BCUT2D eigenvalue weighted by Gasteiger charge is 2.27. The average molecular weight is 409 g/mol. The summed E-state index contributed by atoms with van der Waals surface area (Å²) < 4.78 is 10.6. The highest BCUT2D eigenvalue weighted by atomic mass is 79.9. The number of carbonyl (C=O) groups is 3. The Hall–Kier alpha value is -2.48. The van der Waals surface area contributed by atoms with Gasteiger partial charge in [0.05, 0.1) is 23.9 Å². The summed E-state index contributed by atoms with van der Waals surface area (Å²) in [5.74, 6) is -1.63. The molecule has 2 aromatic rings. The number of aromatic amines is 1. The van der Waals surface area contributed by atoms with Crippen LogP contribution in [0.15, 0.2) is 22.9 Å². The third-order valence-corrected chi connectivity index (χ3v) is 4.10. The van der Waals surface area contributed by atoms with E-state index < -0.39 is 23.8 Å². The number of nitrogens with zero attached hydrogens (tertiary/aromatic N) is 1. The second-order valence-corrected chi connectivity index (χ2v) is 6.34. The van der Waals surface area contributed by atoms with Gasteiger partial charge in [0.2, 0.25) is 5.78 Å². The van der Waals surface area contributed by atoms with Crippen molar-refractivity contribution >= 4 is 33.7 Å². The molecule has 2 heterocycles. The van der Waals surface area contributed by atoms with Gasteiger partial charge in [-0.3, -0.25) is 9.78 Å². The van der Waals surface area contributed by atoms with Crippen LogP contribution in [0.5, 0.6) is 0 Å². The molecule has 2 aromatic heterocycles. The third kappa shape index (κ3) is 3.96. The first-order valence-electron chi connectivity index (χ1n) is 7.39. The number of esters is 2. The van der Waals surface area contributed by atoms with Crippen LogP contribution >= 0.6 is 15.9 Å². The standard InChI is InChI=1S/C17H17BrN2O5/c1-8-13(17(23)24-4)9(2)20-14(8)15(21)10(3)25-16(22)11-5-12(18)7-19-6-11/h5-7,10,20H,1-4H3/t10-/m1/s1. The number of H-pyrrole nitrogens is 1. The molecule has 0 saturated carbocycles. The summed E-state index contributed by atoms with van der Waals surface area (Å²) in [6.45, 7) is 4.77. The molecule has 0 saturated heterocycles. The number of hydrogen-bond donors (Lipinski definition) is 1. The van der Waals surface area contributed by atoms with Crippen LogP contribution in [0, 0.1) is 13.8 Å². The van der Waals surface area contributed by atoms with Gasteiger partial charge in [0.25, 0.3) is 0 Å². The highest BCUT2D eigenvalue weighted by Crippen LogP contribution is 2.21. The van der Waals surface area contributed by atoms with E-state index in [1.807, 2.05) is 0 Å². The summed E-state index contributed by atoms with van der Waals surface area (Å²) in [7, 11) is 1.27. The first kappa shape index (κ1) is 18.9. The van der Waals surface area contributed by atoms with E-state index in [0.29, 0.717) is 21.3 Å². The van der Waals surface area contributed by atoms with Crippen molar-refractivity contribution < 1.29 is 23.9 Å². The molecule has 1 N–H and O–H groups in total. The van der Waals surface area contributed by atoms with Crippen LogP contribution in [0.2, 0.25) is 0 Å². The Morgan fingerprint density at radius 1 is 1.20 bits per heavy atom. The number of halogens is 1. The molecule has 0 aliphatic rings. The Balaban J connectivity index is 2.20. The topological polar surface area (TPSA) is 98.4 Å². The molecule has 132 valence electrons. The lowest BCUT2D eigenvalue weighted by molar-refractivity contribution is 0.0316. The van der Waals surface area contributed by atoms with Crippen molar-refractivity contribution in [2.45, 2.75) is 26.9 Å². The maximum atomic E-state index is 12.6. The summed E-state index contributed by atoms with van der Waals surface area (Å²) in [6.07, 6.45) is 1.85. The Bertz CT molecular complexity index is 844. The molecule has 8 heteroatoms. The monoisotopic (exact) mass is 408 g/mol. The zero-order valence-corrected chi connectivity index (χ0v) is 15.8. The maximum absolute atomic E-state index is 12.6. The van der Waals surface area contributed by atoms with E-state index in [1.54, 1.807) is 19.9 Å². The minimum atomic E-state index is -1.03. The van der Waals surface area contributed by atoms with Crippen molar-refractivity contribution in [3.8, 4) is 0 Å². The molecule has 0 aliphatic heterocycles. The van der Waals surface area contributed by atoms with Gasteiger partial charge in [-0.05, 0) is 48.3 Å². The van der Waals surface area contributed by atoms with E-state index in [1.165, 1.54) is 26.4 Å². The van der Waals surface area contributed by atoms with Crippen LogP contribution < -0.4 is 0 Å². The predicted octanol–water partition coefficient (Wildman–Crippen LogP) is 3.00. The Labute approximate surface area is 152 Å². The smallest absolute Gasteiger partial charge is 0.340 e. The van der Waals surface area contributed by atoms with Crippen molar-refractivity contribution in [3.63, 3.8) is 0 Å². The van der Waals surface area contributed by atoms with E-state index in [2.05, 4.69) is 25.9 Å². The molecule has 0 aromatic carbocycles. The van der Waals surface area contributed by atoms with Crippen LogP contribution in [-0.4, -0.2) is 40.9 Å². The Morgan fingerprint density at radius 3 is 2.48 bits per heavy atom. The number of Topliss-reactive ketones (excluding diaryl/α,β-unsaturated/α-hetero) is 1. The fraction of sp³-hybridized carbons (Fsp3) is 0.294. The van der Waals surface area contributed by atoms with Crippen molar-refractivity contribution in [1.29, 1.82) is 0 Å². The third-order valence-electron chi connectivity index (χ3n) is 3.67. The van der Waals surface area contributed by atoms with Gasteiger partial charge in [-0.2, -0.15) is 0 Å². The van der Waals surface area contributed by atoms with Crippen LogP contribution in [-0.2, 0) is 9.47 Å². The number of hydrogen-bond acceptors (Lipinski definition) is 6. The van der Waals surface area contributed by atoms with E-state index in [-0.39, 0.29) is 11.3 Å². The number of ketones is 1. The minimum absolute atomic E-state index is 0.213. The Morgan fingerprint density at radius 2 is 1.88 bits per heavy atom. The van der Waals surface area contributed by atoms with Crippen LogP contribution in [0.25, 0.3) is 0 Å². The normalized spacial score (nSPS) is 11.7. The van der Waals surface area contributed by atoms with Gasteiger partial charge < -0.3 is 14.5 Å². The van der Waals surface area contributed by atoms with Crippen LogP contribution in [0.3, 0.4) is 0 Å². The average Bonchev–Trinajstić information content (AvgIpc) is 2.87. The van der Waals surface area contributed by atoms with Gasteiger partial charge in [0, 0.05) is 22.6 Å². The largest absolute Gasteiger partial charge is 0.465 e. The lowest BCUT2D eigenvalue weighted by Crippen LogP contribution is -2.25. The number of carbonyl (C=O) groups excluding carboxylic acids is 3. The van der Waals surface area contributed by atoms with E-state index >= 15 is 0 Å². The number of ether oxygens (including phenoxy) is 2. The lowest BCUT2D eigenvalue weighted by atomic mass is 10.1. The molecule has 0 fully saturated rings. The van der Waals surface area contributed by atoms with Crippen molar-refractivity contribution in [2.24, 2.45) is 0 Å². The second-order valence-electron chi connectivity index (χ2n) is 5.42. The summed E-state index contributed by atoms with van der Waals surface area (Å²) >= 11 is 3.22. The maximum Gasteiger partial charge on any atom is 0.340 e. The predicted molar refractivity (Wildman–Crippen MR) is 92.8 cm³/mol. The lowest BCUT2D eigenvalue weighted by Gasteiger charge is -2.12. The zero-order chi connectivity index (χ0) is 18.7. The number of nitrogens with one attached hydrogen (secondary N) is 1. The number of methoxy groups -OCH3 is 1. The molecule has 0 radical (unpaired) electrons. The van der Waals surface area contributed by atoms with Gasteiger partial charge >= 0.3 is 11.9 Å². The molecule has 7 nitrogen and oxygen atoms in total. The SMILES string of the molecule is COC(=O)c1c(C)[nH]c(C(=O)[C@@H](C)OC(=O)c2cncc(Br)c2)c1C. The van der Waals surface area contributed by atoms with Crippen LogP contribution in [0.4, 0.5) is 0 Å². The quantitative estimate of drug-likeness (QED) is 0.602.